The summed E-state index contributed by atoms with van der Waals surface area (Å²) in [7, 11) is 0. The van der Waals surface area contributed by atoms with Crippen LogP contribution in [0, 0.1) is 4.91 Å². The molecule has 0 aromatic heterocycles. The maximum atomic E-state index is 12.1. The maximum absolute atomic E-state index is 12.1. The fourth-order valence-electron chi connectivity index (χ4n) is 1.93. The second kappa shape index (κ2) is 7.47. The lowest BCUT2D eigenvalue weighted by molar-refractivity contribution is -0.149. The van der Waals surface area contributed by atoms with Crippen molar-refractivity contribution >= 4 is 23.5 Å². The molecule has 0 saturated heterocycles. The van der Waals surface area contributed by atoms with Crippen LogP contribution in [0.3, 0.4) is 0 Å². The van der Waals surface area contributed by atoms with Gasteiger partial charge in [-0.3, -0.25) is 9.59 Å². The number of halogens is 1. The highest BCUT2D eigenvalue weighted by Gasteiger charge is 2.31. The van der Waals surface area contributed by atoms with Crippen LogP contribution in [0.4, 0.5) is 0 Å². The van der Waals surface area contributed by atoms with Gasteiger partial charge in [0.15, 0.2) is 5.92 Å². The fourth-order valence-corrected chi connectivity index (χ4v) is 2.12. The van der Waals surface area contributed by atoms with E-state index in [2.05, 4.69) is 5.18 Å². The highest BCUT2D eigenvalue weighted by atomic mass is 35.5. The van der Waals surface area contributed by atoms with Crippen LogP contribution in [-0.2, 0) is 20.9 Å². The SMILES string of the molecule is O=NC(=O)C(C(=O)OCc1ccccc1Cl)c1ccccc1. The molecule has 22 heavy (non-hydrogen) atoms. The number of carbonyl (C=O) groups is 2. The molecule has 2 aromatic carbocycles. The van der Waals surface area contributed by atoms with Gasteiger partial charge in [-0.05, 0) is 11.6 Å². The van der Waals surface area contributed by atoms with Gasteiger partial charge < -0.3 is 4.74 Å². The van der Waals surface area contributed by atoms with Gasteiger partial charge in [0.05, 0.1) is 0 Å². The summed E-state index contributed by atoms with van der Waals surface area (Å²) in [5.41, 5.74) is 0.965. The van der Waals surface area contributed by atoms with Crippen LogP contribution in [-0.4, -0.2) is 11.9 Å². The summed E-state index contributed by atoms with van der Waals surface area (Å²) in [4.78, 5) is 34.3. The van der Waals surface area contributed by atoms with Gasteiger partial charge in [0, 0.05) is 15.8 Å². The van der Waals surface area contributed by atoms with E-state index in [1.54, 1.807) is 54.6 Å². The van der Waals surface area contributed by atoms with Crippen LogP contribution in [0.2, 0.25) is 5.02 Å². The van der Waals surface area contributed by atoms with E-state index in [1.165, 1.54) is 0 Å². The summed E-state index contributed by atoms with van der Waals surface area (Å²) in [5, 5.41) is 2.79. The molecule has 0 aliphatic carbocycles. The van der Waals surface area contributed by atoms with Crippen LogP contribution >= 0.6 is 11.6 Å². The molecule has 2 aromatic rings. The zero-order valence-electron chi connectivity index (χ0n) is 11.4. The Morgan fingerprint density at radius 3 is 2.32 bits per heavy atom. The topological polar surface area (TPSA) is 72.8 Å². The molecule has 0 aliphatic rings. The quantitative estimate of drug-likeness (QED) is 0.481. The molecule has 0 spiro atoms. The number of rotatable bonds is 5. The number of esters is 1. The van der Waals surface area contributed by atoms with Crippen LogP contribution in [0.1, 0.15) is 17.0 Å². The fraction of sp³-hybridized carbons (Fsp3) is 0.125. The summed E-state index contributed by atoms with van der Waals surface area (Å²) in [5.74, 6) is -3.28. The van der Waals surface area contributed by atoms with Gasteiger partial charge in [0.1, 0.15) is 6.61 Å². The van der Waals surface area contributed by atoms with Crippen LogP contribution in [0.15, 0.2) is 59.8 Å². The number of benzene rings is 2. The van der Waals surface area contributed by atoms with E-state index in [1.807, 2.05) is 0 Å². The highest BCUT2D eigenvalue weighted by molar-refractivity contribution is 6.31. The van der Waals surface area contributed by atoms with E-state index in [0.717, 1.165) is 0 Å². The third-order valence-electron chi connectivity index (χ3n) is 3.03. The van der Waals surface area contributed by atoms with E-state index in [4.69, 9.17) is 16.3 Å². The minimum Gasteiger partial charge on any atom is -0.460 e. The van der Waals surface area contributed by atoms with Crippen molar-refractivity contribution < 1.29 is 14.3 Å². The van der Waals surface area contributed by atoms with E-state index in [0.29, 0.717) is 16.1 Å². The summed E-state index contributed by atoms with van der Waals surface area (Å²) in [6.07, 6.45) is 0. The van der Waals surface area contributed by atoms with Gasteiger partial charge in [-0.2, -0.15) is 0 Å². The van der Waals surface area contributed by atoms with E-state index in [9.17, 15) is 14.5 Å². The van der Waals surface area contributed by atoms with Crippen molar-refractivity contribution in [1.29, 1.82) is 0 Å². The van der Waals surface area contributed by atoms with E-state index < -0.39 is 17.8 Å². The minimum atomic E-state index is -1.36. The van der Waals surface area contributed by atoms with Crippen molar-refractivity contribution in [2.45, 2.75) is 12.5 Å². The Kier molecular flexibility index (Phi) is 5.38. The first-order chi connectivity index (χ1) is 10.6. The number of nitroso groups, excluding NO2 is 1. The van der Waals surface area contributed by atoms with Crippen molar-refractivity contribution in [3.63, 3.8) is 0 Å². The Labute approximate surface area is 131 Å². The first-order valence-corrected chi connectivity index (χ1v) is 6.83. The van der Waals surface area contributed by atoms with Gasteiger partial charge in [0.25, 0.3) is 0 Å². The number of hydrogen-bond donors (Lipinski definition) is 0. The molecule has 0 heterocycles. The number of carbonyl (C=O) groups excluding carboxylic acids is 2. The second-order valence-electron chi connectivity index (χ2n) is 4.47. The lowest BCUT2D eigenvalue weighted by Crippen LogP contribution is -2.22. The Morgan fingerprint density at radius 2 is 1.68 bits per heavy atom. The zero-order valence-corrected chi connectivity index (χ0v) is 12.2. The Hall–Kier alpha value is -2.53. The third kappa shape index (κ3) is 3.77. The molecule has 5 nitrogen and oxygen atoms in total. The van der Waals surface area contributed by atoms with Crippen LogP contribution in [0.25, 0.3) is 0 Å². The largest absolute Gasteiger partial charge is 0.460 e. The van der Waals surface area contributed by atoms with Crippen molar-refractivity contribution in [2.24, 2.45) is 5.18 Å². The standard InChI is InChI=1S/C16H12ClNO4/c17-13-9-5-4-8-12(13)10-22-16(20)14(15(19)18-21)11-6-2-1-3-7-11/h1-9,14H,10H2. The Morgan fingerprint density at radius 1 is 1.05 bits per heavy atom. The Bertz CT molecular complexity index is 688. The number of hydrogen-bond acceptors (Lipinski definition) is 4. The molecule has 0 radical (unpaired) electrons. The smallest absolute Gasteiger partial charge is 0.323 e. The number of nitrogens with zero attached hydrogens (tertiary/aromatic N) is 1. The molecule has 1 atom stereocenters. The molecule has 6 heteroatoms. The van der Waals surface area contributed by atoms with E-state index >= 15 is 0 Å². The summed E-state index contributed by atoms with van der Waals surface area (Å²) >= 11 is 5.97. The molecule has 0 N–H and O–H groups in total. The summed E-state index contributed by atoms with van der Waals surface area (Å²) in [6, 6.07) is 15.0. The van der Waals surface area contributed by atoms with Crippen molar-refractivity contribution in [3.05, 3.63) is 75.7 Å². The molecule has 1 amide bonds. The molecule has 0 saturated carbocycles. The molecule has 112 valence electrons. The van der Waals surface area contributed by atoms with Gasteiger partial charge >= 0.3 is 11.9 Å². The van der Waals surface area contributed by atoms with Crippen molar-refractivity contribution in [1.82, 2.24) is 0 Å². The van der Waals surface area contributed by atoms with Gasteiger partial charge in [0.2, 0.25) is 0 Å². The minimum absolute atomic E-state index is 0.0893. The monoisotopic (exact) mass is 317 g/mol. The predicted octanol–water partition coefficient (Wildman–Crippen LogP) is 3.46. The normalized spacial score (nSPS) is 11.5. The third-order valence-corrected chi connectivity index (χ3v) is 3.40. The average molecular weight is 318 g/mol. The van der Waals surface area contributed by atoms with Gasteiger partial charge in [-0.25, -0.2) is 0 Å². The number of ether oxygens (including phenoxy) is 1. The first-order valence-electron chi connectivity index (χ1n) is 6.45. The molecule has 0 aliphatic heterocycles. The lowest BCUT2D eigenvalue weighted by atomic mass is 9.99. The molecular weight excluding hydrogens is 306 g/mol. The maximum Gasteiger partial charge on any atom is 0.323 e. The molecule has 0 bridgehead atoms. The van der Waals surface area contributed by atoms with Crippen LogP contribution < -0.4 is 0 Å². The summed E-state index contributed by atoms with van der Waals surface area (Å²) in [6.45, 7) is -0.0893. The van der Waals surface area contributed by atoms with Crippen molar-refractivity contribution in [2.75, 3.05) is 0 Å². The van der Waals surface area contributed by atoms with Gasteiger partial charge in [-0.15, -0.1) is 4.91 Å². The van der Waals surface area contributed by atoms with Gasteiger partial charge in [-0.1, -0.05) is 60.1 Å². The molecule has 2 rings (SSSR count). The molecule has 0 fully saturated rings. The average Bonchev–Trinajstić information content (AvgIpc) is 2.55. The van der Waals surface area contributed by atoms with Crippen LogP contribution in [0.5, 0.6) is 0 Å². The predicted molar refractivity (Wildman–Crippen MR) is 81.2 cm³/mol. The first kappa shape index (κ1) is 15.9. The summed E-state index contributed by atoms with van der Waals surface area (Å²) < 4.78 is 5.11. The van der Waals surface area contributed by atoms with Crippen molar-refractivity contribution in [3.8, 4) is 0 Å². The zero-order chi connectivity index (χ0) is 15.9. The molecule has 1 unspecified atom stereocenters. The lowest BCUT2D eigenvalue weighted by Gasteiger charge is -2.12. The number of amides is 1. The second-order valence-corrected chi connectivity index (χ2v) is 4.88. The van der Waals surface area contributed by atoms with E-state index in [-0.39, 0.29) is 6.61 Å². The highest BCUT2D eigenvalue weighted by Crippen LogP contribution is 2.21. The molecular formula is C16H12ClNO4. The Balaban J connectivity index is 2.15.